The maximum absolute atomic E-state index is 12.5. The Morgan fingerprint density at radius 2 is 1.96 bits per heavy atom. The van der Waals surface area contributed by atoms with Crippen molar-refractivity contribution < 1.29 is 14.3 Å². The van der Waals surface area contributed by atoms with Crippen LogP contribution in [0.3, 0.4) is 0 Å². The van der Waals surface area contributed by atoms with Gasteiger partial charge in [-0.1, -0.05) is 12.1 Å². The van der Waals surface area contributed by atoms with Crippen molar-refractivity contribution in [1.82, 2.24) is 10.2 Å². The fraction of sp³-hybridized carbons (Fsp3) is 0.529. The summed E-state index contributed by atoms with van der Waals surface area (Å²) in [5.41, 5.74) is 7.35. The Morgan fingerprint density at radius 1 is 1.29 bits per heavy atom. The zero-order valence-electron chi connectivity index (χ0n) is 14.6. The average Bonchev–Trinajstić information content (AvgIpc) is 2.58. The highest BCUT2D eigenvalue weighted by Crippen LogP contribution is 2.10. The van der Waals surface area contributed by atoms with Gasteiger partial charge in [0.1, 0.15) is 6.04 Å². The number of carbonyl (C=O) groups is 2. The Bertz CT molecular complexity index is 522. The van der Waals surface area contributed by atoms with Gasteiger partial charge in [-0.15, -0.1) is 0 Å². The first kappa shape index (κ1) is 20.2. The van der Waals surface area contributed by atoms with Crippen molar-refractivity contribution in [3.05, 3.63) is 29.8 Å². The third-order valence-corrected chi connectivity index (χ3v) is 4.15. The number of esters is 1. The zero-order valence-corrected chi connectivity index (χ0v) is 15.4. The van der Waals surface area contributed by atoms with E-state index in [1.165, 1.54) is 0 Å². The summed E-state index contributed by atoms with van der Waals surface area (Å²) in [7, 11) is 0. The lowest BCUT2D eigenvalue weighted by molar-refractivity contribution is -0.145. The van der Waals surface area contributed by atoms with Crippen LogP contribution in [0.15, 0.2) is 24.3 Å². The van der Waals surface area contributed by atoms with Crippen LogP contribution >= 0.6 is 11.8 Å². The molecule has 1 aromatic rings. The number of anilines is 1. The molecule has 0 saturated carbocycles. The average molecular weight is 353 g/mol. The predicted molar refractivity (Wildman–Crippen MR) is 98.9 cm³/mol. The minimum Gasteiger partial charge on any atom is -0.464 e. The van der Waals surface area contributed by atoms with Gasteiger partial charge in [0, 0.05) is 18.8 Å². The van der Waals surface area contributed by atoms with E-state index in [-0.39, 0.29) is 12.0 Å². The monoisotopic (exact) mass is 353 g/mol. The van der Waals surface area contributed by atoms with Crippen LogP contribution in [0, 0.1) is 0 Å². The number of amides is 2. The molecule has 0 saturated heterocycles. The quantitative estimate of drug-likeness (QED) is 0.526. The summed E-state index contributed by atoms with van der Waals surface area (Å²) >= 11 is 1.63. The number of rotatable bonds is 9. The van der Waals surface area contributed by atoms with Crippen LogP contribution in [0.5, 0.6) is 0 Å². The standard InChI is InChI=1S/C17H27N3O3S/c1-4-20(12-13-6-8-14(18)9-7-13)17(22)19-15(10-11-24-3)16(21)23-5-2/h6-9,15H,4-5,10-12,18H2,1-3H3,(H,19,22). The van der Waals surface area contributed by atoms with E-state index in [9.17, 15) is 9.59 Å². The molecule has 7 heteroatoms. The van der Waals surface area contributed by atoms with Crippen molar-refractivity contribution >= 4 is 29.4 Å². The molecule has 24 heavy (non-hydrogen) atoms. The van der Waals surface area contributed by atoms with E-state index in [1.54, 1.807) is 35.7 Å². The zero-order chi connectivity index (χ0) is 17.9. The van der Waals surface area contributed by atoms with Gasteiger partial charge in [-0.25, -0.2) is 9.59 Å². The minimum atomic E-state index is -0.620. The second-order valence-corrected chi connectivity index (χ2v) is 6.28. The molecular formula is C17H27N3O3S. The Hall–Kier alpha value is -1.89. The third kappa shape index (κ3) is 6.70. The van der Waals surface area contributed by atoms with Gasteiger partial charge in [-0.2, -0.15) is 11.8 Å². The fourth-order valence-electron chi connectivity index (χ4n) is 2.14. The largest absolute Gasteiger partial charge is 0.464 e. The number of urea groups is 1. The molecule has 0 radical (unpaired) electrons. The van der Waals surface area contributed by atoms with E-state index in [2.05, 4.69) is 5.32 Å². The lowest BCUT2D eigenvalue weighted by Gasteiger charge is -2.25. The molecule has 134 valence electrons. The Kier molecular flexibility index (Phi) is 9.07. The van der Waals surface area contributed by atoms with E-state index in [0.29, 0.717) is 31.8 Å². The number of benzene rings is 1. The van der Waals surface area contributed by atoms with Crippen LogP contribution in [-0.4, -0.2) is 48.1 Å². The molecular weight excluding hydrogens is 326 g/mol. The smallest absolute Gasteiger partial charge is 0.328 e. The van der Waals surface area contributed by atoms with E-state index in [4.69, 9.17) is 10.5 Å². The van der Waals surface area contributed by atoms with Gasteiger partial charge in [-0.3, -0.25) is 0 Å². The summed E-state index contributed by atoms with van der Waals surface area (Å²) < 4.78 is 5.05. The summed E-state index contributed by atoms with van der Waals surface area (Å²) in [4.78, 5) is 26.2. The SMILES string of the molecule is CCOC(=O)C(CCSC)NC(=O)N(CC)Cc1ccc(N)cc1. The van der Waals surface area contributed by atoms with E-state index in [0.717, 1.165) is 11.3 Å². The van der Waals surface area contributed by atoms with Crippen LogP contribution < -0.4 is 11.1 Å². The Balaban J connectivity index is 2.70. The molecule has 1 unspecified atom stereocenters. The first-order valence-corrected chi connectivity index (χ1v) is 9.46. The van der Waals surface area contributed by atoms with Gasteiger partial charge in [0.15, 0.2) is 0 Å². The second-order valence-electron chi connectivity index (χ2n) is 5.29. The number of ether oxygens (including phenoxy) is 1. The van der Waals surface area contributed by atoms with Crippen molar-refractivity contribution in [1.29, 1.82) is 0 Å². The predicted octanol–water partition coefficient (Wildman–Crippen LogP) is 2.49. The summed E-state index contributed by atoms with van der Waals surface area (Å²) in [6.45, 7) is 4.95. The lowest BCUT2D eigenvalue weighted by atomic mass is 10.2. The van der Waals surface area contributed by atoms with Crippen molar-refractivity contribution in [2.24, 2.45) is 0 Å². The molecule has 0 aliphatic rings. The fourth-order valence-corrected chi connectivity index (χ4v) is 2.61. The highest BCUT2D eigenvalue weighted by atomic mass is 32.2. The van der Waals surface area contributed by atoms with Crippen LogP contribution in [0.4, 0.5) is 10.5 Å². The molecule has 0 aliphatic carbocycles. The molecule has 3 N–H and O–H groups in total. The van der Waals surface area contributed by atoms with Crippen LogP contribution in [0.1, 0.15) is 25.8 Å². The van der Waals surface area contributed by atoms with Gasteiger partial charge in [0.05, 0.1) is 6.61 Å². The van der Waals surface area contributed by atoms with Crippen LogP contribution in [-0.2, 0) is 16.1 Å². The number of nitrogen functional groups attached to an aromatic ring is 1. The molecule has 0 spiro atoms. The molecule has 2 amide bonds. The van der Waals surface area contributed by atoms with Crippen LogP contribution in [0.2, 0.25) is 0 Å². The van der Waals surface area contributed by atoms with Gasteiger partial charge < -0.3 is 20.7 Å². The first-order chi connectivity index (χ1) is 11.5. The highest BCUT2D eigenvalue weighted by Gasteiger charge is 2.24. The number of nitrogens with zero attached hydrogens (tertiary/aromatic N) is 1. The Morgan fingerprint density at radius 3 is 2.50 bits per heavy atom. The first-order valence-electron chi connectivity index (χ1n) is 8.07. The normalized spacial score (nSPS) is 11.6. The second kappa shape index (κ2) is 10.8. The van der Waals surface area contributed by atoms with E-state index in [1.807, 2.05) is 25.3 Å². The molecule has 0 aliphatic heterocycles. The number of hydrogen-bond donors (Lipinski definition) is 2. The van der Waals surface area contributed by atoms with E-state index < -0.39 is 6.04 Å². The summed E-state index contributed by atoms with van der Waals surface area (Å²) in [5.74, 6) is 0.386. The van der Waals surface area contributed by atoms with Crippen LogP contribution in [0.25, 0.3) is 0 Å². The van der Waals surface area contributed by atoms with E-state index >= 15 is 0 Å². The number of hydrogen-bond acceptors (Lipinski definition) is 5. The molecule has 0 fully saturated rings. The molecule has 6 nitrogen and oxygen atoms in total. The molecule has 1 atom stereocenters. The van der Waals surface area contributed by atoms with Crippen molar-refractivity contribution in [2.45, 2.75) is 32.9 Å². The summed E-state index contributed by atoms with van der Waals surface area (Å²) in [6, 6.07) is 6.50. The summed E-state index contributed by atoms with van der Waals surface area (Å²) in [6.07, 6.45) is 2.51. The number of carbonyl (C=O) groups excluding carboxylic acids is 2. The topological polar surface area (TPSA) is 84.7 Å². The lowest BCUT2D eigenvalue weighted by Crippen LogP contribution is -2.48. The molecule has 0 aromatic heterocycles. The molecule has 0 bridgehead atoms. The van der Waals surface area contributed by atoms with Crippen molar-refractivity contribution in [3.63, 3.8) is 0 Å². The number of thioether (sulfide) groups is 1. The van der Waals surface area contributed by atoms with Gasteiger partial charge in [0.2, 0.25) is 0 Å². The molecule has 1 aromatic carbocycles. The maximum atomic E-state index is 12.5. The van der Waals surface area contributed by atoms with Gasteiger partial charge >= 0.3 is 12.0 Å². The highest BCUT2D eigenvalue weighted by molar-refractivity contribution is 7.98. The number of nitrogens with two attached hydrogens (primary N) is 1. The third-order valence-electron chi connectivity index (χ3n) is 3.50. The molecule has 0 heterocycles. The van der Waals surface area contributed by atoms with Crippen molar-refractivity contribution in [3.8, 4) is 0 Å². The van der Waals surface area contributed by atoms with Gasteiger partial charge in [-0.05, 0) is 50.0 Å². The summed E-state index contributed by atoms with van der Waals surface area (Å²) in [5, 5.41) is 2.79. The van der Waals surface area contributed by atoms with Crippen molar-refractivity contribution in [2.75, 3.05) is 30.9 Å². The maximum Gasteiger partial charge on any atom is 0.328 e. The number of nitrogens with one attached hydrogen (secondary N) is 1. The van der Waals surface area contributed by atoms with Gasteiger partial charge in [0.25, 0.3) is 0 Å². The molecule has 1 rings (SSSR count). The Labute approximate surface area is 148 Å². The minimum absolute atomic E-state index is 0.270.